The van der Waals surface area contributed by atoms with Crippen LogP contribution < -0.4 is 5.32 Å². The van der Waals surface area contributed by atoms with Crippen LogP contribution in [0.25, 0.3) is 0 Å². The quantitative estimate of drug-likeness (QED) is 0.887. The third kappa shape index (κ3) is 3.09. The van der Waals surface area contributed by atoms with E-state index in [4.69, 9.17) is 4.74 Å². The van der Waals surface area contributed by atoms with Crippen molar-refractivity contribution in [3.05, 3.63) is 35.1 Å². The standard InChI is InChI=1S/C15H22FNO/c1-10(2)17-9-12-6-7-18-15(12)14-5-4-13(16)8-11(14)3/h4-5,8,10,12,15,17H,6-7,9H2,1-3H3. The van der Waals surface area contributed by atoms with E-state index in [1.807, 2.05) is 13.0 Å². The van der Waals surface area contributed by atoms with Crippen LogP contribution in [0.5, 0.6) is 0 Å². The van der Waals surface area contributed by atoms with Gasteiger partial charge in [-0.25, -0.2) is 4.39 Å². The van der Waals surface area contributed by atoms with Crippen molar-refractivity contribution >= 4 is 0 Å². The summed E-state index contributed by atoms with van der Waals surface area (Å²) in [5.74, 6) is 0.308. The number of hydrogen-bond donors (Lipinski definition) is 1. The zero-order valence-electron chi connectivity index (χ0n) is 11.4. The molecular weight excluding hydrogens is 229 g/mol. The van der Waals surface area contributed by atoms with Gasteiger partial charge in [-0.2, -0.15) is 0 Å². The Morgan fingerprint density at radius 3 is 2.89 bits per heavy atom. The fourth-order valence-corrected chi connectivity index (χ4v) is 2.53. The first kappa shape index (κ1) is 13.5. The maximum Gasteiger partial charge on any atom is 0.123 e. The largest absolute Gasteiger partial charge is 0.373 e. The molecule has 0 spiro atoms. The first-order valence-electron chi connectivity index (χ1n) is 6.69. The van der Waals surface area contributed by atoms with Gasteiger partial charge in [-0.3, -0.25) is 0 Å². The van der Waals surface area contributed by atoms with Crippen LogP contribution in [0.3, 0.4) is 0 Å². The van der Waals surface area contributed by atoms with Gasteiger partial charge in [-0.05, 0) is 36.6 Å². The van der Waals surface area contributed by atoms with E-state index in [1.165, 1.54) is 6.07 Å². The maximum absolute atomic E-state index is 13.1. The van der Waals surface area contributed by atoms with Gasteiger partial charge < -0.3 is 10.1 Å². The summed E-state index contributed by atoms with van der Waals surface area (Å²) in [5.41, 5.74) is 2.11. The lowest BCUT2D eigenvalue weighted by Gasteiger charge is -2.22. The van der Waals surface area contributed by atoms with Crippen LogP contribution in [0.15, 0.2) is 18.2 Å². The smallest absolute Gasteiger partial charge is 0.123 e. The van der Waals surface area contributed by atoms with Crippen LogP contribution in [0, 0.1) is 18.7 Å². The lowest BCUT2D eigenvalue weighted by Crippen LogP contribution is -2.30. The molecule has 0 amide bonds. The monoisotopic (exact) mass is 251 g/mol. The van der Waals surface area contributed by atoms with E-state index in [0.29, 0.717) is 12.0 Å². The Balaban J connectivity index is 2.10. The molecule has 1 saturated heterocycles. The lowest BCUT2D eigenvalue weighted by molar-refractivity contribution is 0.0895. The number of ether oxygens (including phenoxy) is 1. The van der Waals surface area contributed by atoms with Crippen molar-refractivity contribution in [2.45, 2.75) is 39.3 Å². The molecule has 2 nitrogen and oxygen atoms in total. The third-order valence-corrected chi connectivity index (χ3v) is 3.54. The zero-order valence-corrected chi connectivity index (χ0v) is 11.4. The molecule has 2 atom stereocenters. The van der Waals surface area contributed by atoms with Crippen molar-refractivity contribution in [1.29, 1.82) is 0 Å². The highest BCUT2D eigenvalue weighted by Crippen LogP contribution is 2.35. The van der Waals surface area contributed by atoms with E-state index >= 15 is 0 Å². The zero-order chi connectivity index (χ0) is 13.1. The van der Waals surface area contributed by atoms with Crippen molar-refractivity contribution in [3.8, 4) is 0 Å². The van der Waals surface area contributed by atoms with Gasteiger partial charge in [0.15, 0.2) is 0 Å². The summed E-state index contributed by atoms with van der Waals surface area (Å²) >= 11 is 0. The van der Waals surface area contributed by atoms with Gasteiger partial charge in [0, 0.05) is 25.1 Å². The van der Waals surface area contributed by atoms with Crippen LogP contribution in [0.1, 0.15) is 37.5 Å². The van der Waals surface area contributed by atoms with Gasteiger partial charge >= 0.3 is 0 Å². The Labute approximate surface area is 109 Å². The van der Waals surface area contributed by atoms with Crippen molar-refractivity contribution < 1.29 is 9.13 Å². The molecule has 0 saturated carbocycles. The first-order chi connectivity index (χ1) is 8.58. The Hall–Kier alpha value is -0.930. The highest BCUT2D eigenvalue weighted by atomic mass is 19.1. The Kier molecular flexibility index (Phi) is 4.36. The molecule has 1 aliphatic heterocycles. The fraction of sp³-hybridized carbons (Fsp3) is 0.600. The number of nitrogens with one attached hydrogen (secondary N) is 1. The van der Waals surface area contributed by atoms with Crippen LogP contribution in [0.4, 0.5) is 4.39 Å². The summed E-state index contributed by atoms with van der Waals surface area (Å²) in [6, 6.07) is 5.46. The van der Waals surface area contributed by atoms with E-state index in [2.05, 4.69) is 19.2 Å². The minimum Gasteiger partial charge on any atom is -0.373 e. The average molecular weight is 251 g/mol. The van der Waals surface area contributed by atoms with Crippen molar-refractivity contribution in [3.63, 3.8) is 0 Å². The Morgan fingerprint density at radius 1 is 1.44 bits per heavy atom. The molecule has 2 unspecified atom stereocenters. The molecule has 0 radical (unpaired) electrons. The van der Waals surface area contributed by atoms with Crippen LogP contribution in [-0.4, -0.2) is 19.2 Å². The van der Waals surface area contributed by atoms with Crippen LogP contribution in [-0.2, 0) is 4.74 Å². The maximum atomic E-state index is 13.1. The van der Waals surface area contributed by atoms with E-state index in [9.17, 15) is 4.39 Å². The van der Waals surface area contributed by atoms with Crippen molar-refractivity contribution in [2.75, 3.05) is 13.2 Å². The van der Waals surface area contributed by atoms with Crippen LogP contribution >= 0.6 is 0 Å². The van der Waals surface area contributed by atoms with E-state index in [0.717, 1.165) is 30.7 Å². The highest BCUT2D eigenvalue weighted by Gasteiger charge is 2.30. The molecule has 1 heterocycles. The second kappa shape index (κ2) is 5.81. The molecule has 1 aliphatic rings. The minimum absolute atomic E-state index is 0.108. The summed E-state index contributed by atoms with van der Waals surface area (Å²) in [6.45, 7) is 8.00. The third-order valence-electron chi connectivity index (χ3n) is 3.54. The Bertz CT molecular complexity index is 405. The fourth-order valence-electron chi connectivity index (χ4n) is 2.53. The van der Waals surface area contributed by atoms with Crippen molar-refractivity contribution in [1.82, 2.24) is 5.32 Å². The molecule has 18 heavy (non-hydrogen) atoms. The molecular formula is C15H22FNO. The van der Waals surface area contributed by atoms with Gasteiger partial charge in [0.1, 0.15) is 5.82 Å². The van der Waals surface area contributed by atoms with E-state index in [-0.39, 0.29) is 11.9 Å². The topological polar surface area (TPSA) is 21.3 Å². The molecule has 1 N–H and O–H groups in total. The lowest BCUT2D eigenvalue weighted by atomic mass is 9.92. The second-order valence-electron chi connectivity index (χ2n) is 5.40. The number of halogens is 1. The Morgan fingerprint density at radius 2 is 2.22 bits per heavy atom. The molecule has 2 rings (SSSR count). The number of rotatable bonds is 4. The molecule has 1 fully saturated rings. The molecule has 100 valence electrons. The minimum atomic E-state index is -0.175. The van der Waals surface area contributed by atoms with Crippen molar-refractivity contribution in [2.24, 2.45) is 5.92 Å². The van der Waals surface area contributed by atoms with Crippen LogP contribution in [0.2, 0.25) is 0 Å². The van der Waals surface area contributed by atoms with Gasteiger partial charge in [-0.15, -0.1) is 0 Å². The number of benzene rings is 1. The van der Waals surface area contributed by atoms with E-state index < -0.39 is 0 Å². The first-order valence-corrected chi connectivity index (χ1v) is 6.69. The van der Waals surface area contributed by atoms with Gasteiger partial charge in [0.05, 0.1) is 6.10 Å². The number of aryl methyl sites for hydroxylation is 1. The number of hydrogen-bond acceptors (Lipinski definition) is 2. The van der Waals surface area contributed by atoms with Gasteiger partial charge in [-0.1, -0.05) is 19.9 Å². The molecule has 0 aromatic heterocycles. The normalized spacial score (nSPS) is 23.8. The summed E-state index contributed by atoms with van der Waals surface area (Å²) in [4.78, 5) is 0. The summed E-state index contributed by atoms with van der Waals surface area (Å²) in [5, 5.41) is 3.46. The van der Waals surface area contributed by atoms with Gasteiger partial charge in [0.2, 0.25) is 0 Å². The predicted molar refractivity (Wildman–Crippen MR) is 71.1 cm³/mol. The van der Waals surface area contributed by atoms with E-state index in [1.54, 1.807) is 6.07 Å². The predicted octanol–water partition coefficient (Wildman–Crippen LogP) is 3.21. The SMILES string of the molecule is Cc1cc(F)ccc1C1OCCC1CNC(C)C. The molecule has 0 bridgehead atoms. The highest BCUT2D eigenvalue weighted by molar-refractivity contribution is 5.29. The molecule has 1 aromatic carbocycles. The molecule has 3 heteroatoms. The summed E-state index contributed by atoms with van der Waals surface area (Å²) < 4.78 is 19.0. The summed E-state index contributed by atoms with van der Waals surface area (Å²) in [7, 11) is 0. The molecule has 0 aliphatic carbocycles. The average Bonchev–Trinajstić information content (AvgIpc) is 2.74. The molecule has 1 aromatic rings. The van der Waals surface area contributed by atoms with Gasteiger partial charge in [0.25, 0.3) is 0 Å². The summed E-state index contributed by atoms with van der Waals surface area (Å²) in [6.07, 6.45) is 1.18. The second-order valence-corrected chi connectivity index (χ2v) is 5.40.